The van der Waals surface area contributed by atoms with E-state index in [1.807, 2.05) is 42.5 Å². The van der Waals surface area contributed by atoms with Gasteiger partial charge in [-0.05, 0) is 63.9 Å². The van der Waals surface area contributed by atoms with Crippen molar-refractivity contribution in [2.75, 3.05) is 5.43 Å². The van der Waals surface area contributed by atoms with Crippen molar-refractivity contribution in [2.24, 2.45) is 5.10 Å². The number of fused-ring (bicyclic) bond motifs is 6. The third kappa shape index (κ3) is 5.64. The van der Waals surface area contributed by atoms with Gasteiger partial charge in [0.25, 0.3) is 0 Å². The molecule has 7 aromatic carbocycles. The highest BCUT2D eigenvalue weighted by Gasteiger charge is 2.22. The smallest absolute Gasteiger partial charge is 0.165 e. The average molecular weight is 711 g/mol. The van der Waals surface area contributed by atoms with E-state index >= 15 is 0 Å². The zero-order chi connectivity index (χ0) is 36.0. The minimum Gasteiger partial charge on any atom is -0.299 e. The van der Waals surface area contributed by atoms with Gasteiger partial charge in [0.15, 0.2) is 17.5 Å². The van der Waals surface area contributed by atoms with E-state index in [1.165, 1.54) is 15.5 Å². The maximum atomic E-state index is 8.87. The molecule has 2 aromatic heterocycles. The number of hydrogen-bond donors (Lipinski definition) is 2. The molecule has 0 unspecified atom stereocenters. The minimum atomic E-state index is 0.337. The van der Waals surface area contributed by atoms with Gasteiger partial charge in [0.1, 0.15) is 5.71 Å². The number of allylic oxidation sites excluding steroid dienone is 1. The molecule has 9 aromatic rings. The van der Waals surface area contributed by atoms with E-state index in [1.54, 1.807) is 17.4 Å². The van der Waals surface area contributed by atoms with Crippen molar-refractivity contribution >= 4 is 65.5 Å². The summed E-state index contributed by atoms with van der Waals surface area (Å²) in [6, 6.07) is 53.9. The van der Waals surface area contributed by atoms with Crippen molar-refractivity contribution in [1.29, 1.82) is 5.41 Å². The maximum absolute atomic E-state index is 8.87. The Hall–Kier alpha value is -7.09. The topological polar surface area (TPSA) is 86.9 Å². The molecule has 0 aliphatic heterocycles. The van der Waals surface area contributed by atoms with Gasteiger partial charge in [-0.3, -0.25) is 10.8 Å². The van der Waals surface area contributed by atoms with Crippen LogP contribution in [0.2, 0.25) is 0 Å². The van der Waals surface area contributed by atoms with Gasteiger partial charge in [0.05, 0.1) is 11.4 Å². The Morgan fingerprint density at radius 1 is 0.519 bits per heavy atom. The van der Waals surface area contributed by atoms with E-state index < -0.39 is 0 Å². The van der Waals surface area contributed by atoms with Crippen LogP contribution in [0.15, 0.2) is 169 Å². The Labute approximate surface area is 315 Å². The molecule has 0 atom stereocenters. The largest absolute Gasteiger partial charge is 0.299 e. The molecule has 0 amide bonds. The zero-order valence-electron chi connectivity index (χ0n) is 28.9. The minimum absolute atomic E-state index is 0.337. The highest BCUT2D eigenvalue weighted by atomic mass is 32.1. The van der Waals surface area contributed by atoms with Gasteiger partial charge in [-0.15, -0.1) is 11.3 Å². The van der Waals surface area contributed by atoms with Crippen LogP contribution in [0.1, 0.15) is 11.1 Å². The molecule has 0 saturated heterocycles. The number of benzene rings is 7. The van der Waals surface area contributed by atoms with Crippen molar-refractivity contribution in [3.8, 4) is 45.3 Å². The Balaban J connectivity index is 1.15. The lowest BCUT2D eigenvalue weighted by molar-refractivity contribution is 1.08. The lowest BCUT2D eigenvalue weighted by atomic mass is 9.88. The number of rotatable bonds is 6. The SMILES string of the molecule is N=C1C=Cc2ccc3ccc(-c4nc(-c5ccc(-c6ccccc6)cc5)nc(-c5cccc6c5sc5ccccc56)n4)cc3c2/C1=N/Nc1ccccc1. The van der Waals surface area contributed by atoms with Crippen molar-refractivity contribution in [3.05, 3.63) is 175 Å². The molecule has 0 radical (unpaired) electrons. The summed E-state index contributed by atoms with van der Waals surface area (Å²) in [5, 5.41) is 18.0. The molecule has 7 heteroatoms. The summed E-state index contributed by atoms with van der Waals surface area (Å²) in [6.07, 6.45) is 3.78. The Morgan fingerprint density at radius 3 is 2.00 bits per heavy atom. The monoisotopic (exact) mass is 710 g/mol. The van der Waals surface area contributed by atoms with Crippen LogP contribution in [0, 0.1) is 5.41 Å². The number of anilines is 1. The van der Waals surface area contributed by atoms with Crippen molar-refractivity contribution in [3.63, 3.8) is 0 Å². The molecule has 0 spiro atoms. The van der Waals surface area contributed by atoms with E-state index in [9.17, 15) is 0 Å². The molecule has 54 heavy (non-hydrogen) atoms. The van der Waals surface area contributed by atoms with Gasteiger partial charge in [0.2, 0.25) is 0 Å². The summed E-state index contributed by atoms with van der Waals surface area (Å²) in [5.74, 6) is 1.79. The number of nitrogens with zero attached hydrogens (tertiary/aromatic N) is 4. The zero-order valence-corrected chi connectivity index (χ0v) is 29.7. The summed E-state index contributed by atoms with van der Waals surface area (Å²) in [5.41, 5.74) is 11.8. The fourth-order valence-electron chi connectivity index (χ4n) is 7.13. The maximum Gasteiger partial charge on any atom is 0.165 e. The number of aromatic nitrogens is 3. The molecule has 10 rings (SSSR count). The van der Waals surface area contributed by atoms with Gasteiger partial charge in [0, 0.05) is 42.4 Å². The molecular formula is C47H30N6S. The Bertz CT molecular complexity index is 2970. The molecule has 2 heterocycles. The number of hydrazone groups is 1. The Kier molecular flexibility index (Phi) is 7.70. The molecular weight excluding hydrogens is 681 g/mol. The molecule has 0 bridgehead atoms. The van der Waals surface area contributed by atoms with Crippen LogP contribution in [-0.2, 0) is 0 Å². The predicted molar refractivity (Wildman–Crippen MR) is 225 cm³/mol. The standard InChI is InChI=1S/C47H30N6S/c48-40-27-26-32-22-20-31-21-25-34(28-39(31)42(32)43(40)53-52-35-12-5-2-6-13-35)46-49-45(33-23-18-30(19-24-33)29-10-3-1-4-11-29)50-47(51-46)38-16-9-15-37-36-14-7-8-17-41(36)54-44(37)38/h1-28,48,52H/b48-40?,53-43+. The molecule has 0 saturated carbocycles. The van der Waals surface area contributed by atoms with Crippen LogP contribution >= 0.6 is 11.3 Å². The van der Waals surface area contributed by atoms with E-state index in [0.717, 1.165) is 60.1 Å². The lowest BCUT2D eigenvalue weighted by Gasteiger charge is -2.18. The van der Waals surface area contributed by atoms with E-state index in [4.69, 9.17) is 25.5 Å². The first-order valence-electron chi connectivity index (χ1n) is 17.7. The second kappa shape index (κ2) is 13.2. The third-order valence-electron chi connectivity index (χ3n) is 9.83. The van der Waals surface area contributed by atoms with Crippen LogP contribution in [-0.4, -0.2) is 26.4 Å². The van der Waals surface area contributed by atoms with E-state index in [2.05, 4.69) is 127 Å². The second-order valence-electron chi connectivity index (χ2n) is 13.2. The number of para-hydroxylation sites is 1. The van der Waals surface area contributed by atoms with Crippen LogP contribution in [0.25, 0.3) is 82.3 Å². The summed E-state index contributed by atoms with van der Waals surface area (Å²) < 4.78 is 2.37. The first kappa shape index (κ1) is 31.6. The summed E-state index contributed by atoms with van der Waals surface area (Å²) in [6.45, 7) is 0. The van der Waals surface area contributed by atoms with Crippen LogP contribution in [0.3, 0.4) is 0 Å². The normalized spacial score (nSPS) is 13.2. The highest BCUT2D eigenvalue weighted by molar-refractivity contribution is 7.26. The van der Waals surface area contributed by atoms with Gasteiger partial charge in [-0.1, -0.05) is 133 Å². The summed E-state index contributed by atoms with van der Waals surface area (Å²) in [7, 11) is 0. The lowest BCUT2D eigenvalue weighted by Crippen LogP contribution is -2.19. The number of nitrogens with one attached hydrogen (secondary N) is 2. The highest BCUT2D eigenvalue weighted by Crippen LogP contribution is 2.40. The van der Waals surface area contributed by atoms with Gasteiger partial charge < -0.3 is 0 Å². The molecule has 2 N–H and O–H groups in total. The molecule has 254 valence electrons. The van der Waals surface area contributed by atoms with Crippen molar-refractivity contribution in [1.82, 2.24) is 15.0 Å². The van der Waals surface area contributed by atoms with Crippen LogP contribution in [0.5, 0.6) is 0 Å². The van der Waals surface area contributed by atoms with Gasteiger partial charge in [-0.25, -0.2) is 15.0 Å². The van der Waals surface area contributed by atoms with Crippen LogP contribution in [0.4, 0.5) is 5.69 Å². The first-order chi connectivity index (χ1) is 26.7. The fourth-order valence-corrected chi connectivity index (χ4v) is 8.35. The third-order valence-corrected chi connectivity index (χ3v) is 11.1. The van der Waals surface area contributed by atoms with Crippen LogP contribution < -0.4 is 5.43 Å². The molecule has 0 fully saturated rings. The summed E-state index contributed by atoms with van der Waals surface area (Å²) >= 11 is 1.76. The summed E-state index contributed by atoms with van der Waals surface area (Å²) in [4.78, 5) is 15.5. The van der Waals surface area contributed by atoms with E-state index in [0.29, 0.717) is 28.9 Å². The van der Waals surface area contributed by atoms with Gasteiger partial charge in [-0.2, -0.15) is 5.10 Å². The molecule has 1 aliphatic carbocycles. The van der Waals surface area contributed by atoms with E-state index in [-0.39, 0.29) is 0 Å². The number of thiophene rings is 1. The first-order valence-corrected chi connectivity index (χ1v) is 18.5. The molecule has 6 nitrogen and oxygen atoms in total. The predicted octanol–water partition coefficient (Wildman–Crippen LogP) is 11.9. The van der Waals surface area contributed by atoms with Crippen molar-refractivity contribution < 1.29 is 0 Å². The van der Waals surface area contributed by atoms with Crippen molar-refractivity contribution in [2.45, 2.75) is 0 Å². The average Bonchev–Trinajstić information content (AvgIpc) is 3.63. The van der Waals surface area contributed by atoms with Gasteiger partial charge >= 0.3 is 0 Å². The Morgan fingerprint density at radius 2 is 1.17 bits per heavy atom. The number of hydrogen-bond acceptors (Lipinski definition) is 7. The fraction of sp³-hybridized carbons (Fsp3) is 0. The second-order valence-corrected chi connectivity index (χ2v) is 14.2. The quantitative estimate of drug-likeness (QED) is 0.168. The molecule has 1 aliphatic rings.